The van der Waals surface area contributed by atoms with Gasteiger partial charge in [-0.25, -0.2) is 23.2 Å². The molecule has 0 radical (unpaired) electrons. The standard InChI is InChI=1S/C29H32ClN5O5S/c1-29(2,3)25(40-28(31)36)15-35-12-11-23-26(35)27(33-17-32-23)34-19-9-10-24(22(30)13-19)39-20-5-4-6-21(14-20)41(37,38)16-18-7-8-18/h4-6,9-14,17-18,25H,7-8,15-16H2,1-3H3,(H2,31,36)(H,32,33,34). The van der Waals surface area contributed by atoms with Gasteiger partial charge in [-0.15, -0.1) is 0 Å². The highest BCUT2D eigenvalue weighted by Crippen LogP contribution is 2.36. The van der Waals surface area contributed by atoms with Crippen LogP contribution in [0.1, 0.15) is 33.6 Å². The van der Waals surface area contributed by atoms with E-state index in [9.17, 15) is 13.2 Å². The van der Waals surface area contributed by atoms with Crippen molar-refractivity contribution in [3.63, 3.8) is 0 Å². The first kappa shape index (κ1) is 28.7. The molecule has 0 spiro atoms. The van der Waals surface area contributed by atoms with Crippen LogP contribution in [-0.4, -0.2) is 40.9 Å². The summed E-state index contributed by atoms with van der Waals surface area (Å²) in [6.07, 6.45) is 3.91. The number of nitrogens with one attached hydrogen (secondary N) is 1. The minimum Gasteiger partial charge on any atom is -0.456 e. The van der Waals surface area contributed by atoms with E-state index < -0.39 is 22.0 Å². The normalized spacial score (nSPS) is 14.5. The van der Waals surface area contributed by atoms with E-state index in [1.165, 1.54) is 12.4 Å². The first-order chi connectivity index (χ1) is 19.4. The summed E-state index contributed by atoms with van der Waals surface area (Å²) in [6, 6.07) is 13.5. The van der Waals surface area contributed by atoms with Crippen LogP contribution in [0.4, 0.5) is 16.3 Å². The molecule has 1 atom stereocenters. The van der Waals surface area contributed by atoms with Crippen LogP contribution in [0.5, 0.6) is 11.5 Å². The van der Waals surface area contributed by atoms with Gasteiger partial charge in [0.05, 0.1) is 27.7 Å². The molecule has 1 unspecified atom stereocenters. The number of halogens is 1. The highest BCUT2D eigenvalue weighted by Gasteiger charge is 2.30. The van der Waals surface area contributed by atoms with Crippen molar-refractivity contribution in [1.82, 2.24) is 14.5 Å². The summed E-state index contributed by atoms with van der Waals surface area (Å²) < 4.78 is 38.7. The molecule has 10 nitrogen and oxygen atoms in total. The van der Waals surface area contributed by atoms with E-state index in [2.05, 4.69) is 15.3 Å². The molecule has 4 aromatic rings. The molecule has 216 valence electrons. The number of carbonyl (C=O) groups excluding carboxylic acids is 1. The molecule has 1 aliphatic carbocycles. The van der Waals surface area contributed by atoms with E-state index in [0.717, 1.165) is 18.4 Å². The molecule has 1 fully saturated rings. The Morgan fingerprint density at radius 2 is 1.95 bits per heavy atom. The number of benzene rings is 2. The van der Waals surface area contributed by atoms with Gasteiger partial charge < -0.3 is 25.1 Å². The van der Waals surface area contributed by atoms with Gasteiger partial charge in [0, 0.05) is 17.3 Å². The van der Waals surface area contributed by atoms with Gasteiger partial charge in [0.15, 0.2) is 15.7 Å². The van der Waals surface area contributed by atoms with Gasteiger partial charge in [-0.2, -0.15) is 0 Å². The molecule has 41 heavy (non-hydrogen) atoms. The van der Waals surface area contributed by atoms with Crippen molar-refractivity contribution in [1.29, 1.82) is 0 Å². The minimum absolute atomic E-state index is 0.159. The fraction of sp³-hybridized carbons (Fsp3) is 0.345. The number of hydrogen-bond acceptors (Lipinski definition) is 8. The number of nitrogens with zero attached hydrogens (tertiary/aromatic N) is 3. The number of carbonyl (C=O) groups is 1. The number of nitrogens with two attached hydrogens (primary N) is 1. The van der Waals surface area contributed by atoms with Crippen molar-refractivity contribution in [2.24, 2.45) is 17.1 Å². The molecule has 0 saturated heterocycles. The van der Waals surface area contributed by atoms with Crippen molar-refractivity contribution in [3.8, 4) is 11.5 Å². The number of primary amides is 1. The fourth-order valence-electron chi connectivity index (χ4n) is 4.43. The second-order valence-electron chi connectivity index (χ2n) is 11.3. The Morgan fingerprint density at radius 3 is 2.63 bits per heavy atom. The molecule has 1 saturated carbocycles. The van der Waals surface area contributed by atoms with Crippen molar-refractivity contribution in [3.05, 3.63) is 66.1 Å². The Morgan fingerprint density at radius 1 is 1.17 bits per heavy atom. The monoisotopic (exact) mass is 597 g/mol. The maximum atomic E-state index is 12.7. The molecule has 5 rings (SSSR count). The number of sulfone groups is 1. The van der Waals surface area contributed by atoms with Gasteiger partial charge in [0.1, 0.15) is 29.4 Å². The van der Waals surface area contributed by atoms with Crippen molar-refractivity contribution in [2.75, 3.05) is 11.1 Å². The van der Waals surface area contributed by atoms with E-state index in [1.807, 2.05) is 37.6 Å². The molecule has 2 heterocycles. The number of rotatable bonds is 10. The maximum absolute atomic E-state index is 12.7. The smallest absolute Gasteiger partial charge is 0.404 e. The van der Waals surface area contributed by atoms with Crippen LogP contribution in [0.2, 0.25) is 5.02 Å². The van der Waals surface area contributed by atoms with Crippen LogP contribution in [0.15, 0.2) is 66.0 Å². The summed E-state index contributed by atoms with van der Waals surface area (Å²) in [6.45, 7) is 6.26. The predicted octanol–water partition coefficient (Wildman–Crippen LogP) is 6.31. The van der Waals surface area contributed by atoms with Gasteiger partial charge in [-0.05, 0) is 61.2 Å². The lowest BCUT2D eigenvalue weighted by atomic mass is 9.89. The summed E-state index contributed by atoms with van der Waals surface area (Å²) in [5.41, 5.74) is 7.04. The third-order valence-corrected chi connectivity index (χ3v) is 9.05. The van der Waals surface area contributed by atoms with Crippen LogP contribution in [-0.2, 0) is 21.1 Å². The van der Waals surface area contributed by atoms with E-state index in [-0.39, 0.29) is 22.0 Å². The Kier molecular flexibility index (Phi) is 7.85. The van der Waals surface area contributed by atoms with Crippen LogP contribution < -0.4 is 15.8 Å². The number of hydrogen-bond donors (Lipinski definition) is 2. The summed E-state index contributed by atoms with van der Waals surface area (Å²) in [7, 11) is -3.37. The second kappa shape index (κ2) is 11.2. The zero-order valence-corrected chi connectivity index (χ0v) is 24.6. The van der Waals surface area contributed by atoms with Gasteiger partial charge in [0.25, 0.3) is 0 Å². The molecule has 3 N–H and O–H groups in total. The van der Waals surface area contributed by atoms with Gasteiger partial charge in [-0.3, -0.25) is 0 Å². The highest BCUT2D eigenvalue weighted by molar-refractivity contribution is 7.91. The largest absolute Gasteiger partial charge is 0.456 e. The Labute approximate surface area is 243 Å². The molecule has 1 amide bonds. The van der Waals surface area contributed by atoms with Crippen LogP contribution in [0.25, 0.3) is 11.0 Å². The minimum atomic E-state index is -3.37. The number of amides is 1. The van der Waals surface area contributed by atoms with Crippen LogP contribution >= 0.6 is 11.6 Å². The van der Waals surface area contributed by atoms with Crippen molar-refractivity contribution >= 4 is 50.1 Å². The summed E-state index contributed by atoms with van der Waals surface area (Å²) in [5.74, 6) is 1.70. The average molecular weight is 598 g/mol. The zero-order chi connectivity index (χ0) is 29.4. The summed E-state index contributed by atoms with van der Waals surface area (Å²) in [4.78, 5) is 20.6. The lowest BCUT2D eigenvalue weighted by Gasteiger charge is -2.30. The molecule has 12 heteroatoms. The average Bonchev–Trinajstić information content (AvgIpc) is 3.60. The number of ether oxygens (including phenoxy) is 2. The third-order valence-electron chi connectivity index (χ3n) is 6.88. The SMILES string of the molecule is CC(C)(C)C(Cn1ccc2ncnc(Nc3ccc(Oc4cccc(S(=O)(=O)CC5CC5)c4)c(Cl)c3)c21)OC(N)=O. The van der Waals surface area contributed by atoms with E-state index >= 15 is 0 Å². The van der Waals surface area contributed by atoms with E-state index in [0.29, 0.717) is 40.1 Å². The van der Waals surface area contributed by atoms with Gasteiger partial charge in [-0.1, -0.05) is 38.4 Å². The summed E-state index contributed by atoms with van der Waals surface area (Å²) >= 11 is 6.57. The van der Waals surface area contributed by atoms with Gasteiger partial charge >= 0.3 is 6.09 Å². The zero-order valence-electron chi connectivity index (χ0n) is 23.0. The third kappa shape index (κ3) is 6.91. The molecule has 1 aliphatic rings. The predicted molar refractivity (Wildman–Crippen MR) is 157 cm³/mol. The van der Waals surface area contributed by atoms with Crippen molar-refractivity contribution < 1.29 is 22.7 Å². The molecule has 2 aromatic carbocycles. The Bertz CT molecular complexity index is 1700. The number of aromatic nitrogens is 3. The lowest BCUT2D eigenvalue weighted by molar-refractivity contribution is 0.0264. The summed E-state index contributed by atoms with van der Waals surface area (Å²) in [5, 5.41) is 3.61. The highest BCUT2D eigenvalue weighted by atomic mass is 35.5. The quantitative estimate of drug-likeness (QED) is 0.217. The van der Waals surface area contributed by atoms with Crippen LogP contribution in [0, 0.1) is 11.3 Å². The van der Waals surface area contributed by atoms with Crippen molar-refractivity contribution in [2.45, 2.75) is 51.2 Å². The van der Waals surface area contributed by atoms with E-state index in [1.54, 1.807) is 36.4 Å². The lowest BCUT2D eigenvalue weighted by Crippen LogP contribution is -2.37. The Balaban J connectivity index is 1.36. The first-order valence-corrected chi connectivity index (χ1v) is 15.3. The molecular formula is C29H32ClN5O5S. The molecule has 0 aliphatic heterocycles. The fourth-order valence-corrected chi connectivity index (χ4v) is 6.38. The topological polar surface area (TPSA) is 138 Å². The second-order valence-corrected chi connectivity index (χ2v) is 13.7. The van der Waals surface area contributed by atoms with E-state index in [4.69, 9.17) is 26.8 Å². The molecule has 2 aromatic heterocycles. The maximum Gasteiger partial charge on any atom is 0.404 e. The van der Waals surface area contributed by atoms with Crippen LogP contribution in [0.3, 0.4) is 0 Å². The number of fused-ring (bicyclic) bond motifs is 1. The molecule has 0 bridgehead atoms. The Hall–Kier alpha value is -3.83. The first-order valence-electron chi connectivity index (χ1n) is 13.2. The number of anilines is 2. The van der Waals surface area contributed by atoms with Gasteiger partial charge in [0.2, 0.25) is 0 Å². The molecular weight excluding hydrogens is 566 g/mol.